The Hall–Kier alpha value is -4.24. The number of nitrogens with zero attached hydrogens (tertiary/aromatic N) is 1. The molecule has 9 heteroatoms. The lowest BCUT2D eigenvalue weighted by molar-refractivity contribution is 0.0597. The molecular formula is C30H33NO8. The summed E-state index contributed by atoms with van der Waals surface area (Å²) < 4.78 is 33.3. The number of methoxy groups -OCH3 is 5. The van der Waals surface area contributed by atoms with Gasteiger partial charge in [-0.1, -0.05) is 12.1 Å². The van der Waals surface area contributed by atoms with Gasteiger partial charge in [0, 0.05) is 36.7 Å². The average Bonchev–Trinajstić information content (AvgIpc) is 3.25. The average molecular weight is 536 g/mol. The molecule has 0 saturated carbocycles. The number of esters is 1. The molecule has 0 N–H and O–H groups in total. The van der Waals surface area contributed by atoms with Crippen LogP contribution in [0.15, 0.2) is 42.5 Å². The van der Waals surface area contributed by atoms with Crippen LogP contribution >= 0.6 is 0 Å². The van der Waals surface area contributed by atoms with Crippen LogP contribution in [0.25, 0.3) is 0 Å². The summed E-state index contributed by atoms with van der Waals surface area (Å²) >= 11 is 0. The monoisotopic (exact) mass is 535 g/mol. The molecule has 1 aliphatic rings. The van der Waals surface area contributed by atoms with Crippen LogP contribution < -0.4 is 18.9 Å². The summed E-state index contributed by atoms with van der Waals surface area (Å²) in [6, 6.07) is 13.1. The van der Waals surface area contributed by atoms with E-state index >= 15 is 0 Å². The number of carbonyl (C=O) groups is 2. The molecule has 206 valence electrons. The van der Waals surface area contributed by atoms with Crippen molar-refractivity contribution in [1.29, 1.82) is 0 Å². The van der Waals surface area contributed by atoms with E-state index in [9.17, 15) is 9.59 Å². The van der Waals surface area contributed by atoms with Gasteiger partial charge in [0.2, 0.25) is 0 Å². The first-order valence-electron chi connectivity index (χ1n) is 12.4. The van der Waals surface area contributed by atoms with Crippen LogP contribution in [-0.2, 0) is 35.7 Å². The maximum Gasteiger partial charge on any atom is 0.338 e. The van der Waals surface area contributed by atoms with Crippen molar-refractivity contribution in [3.8, 4) is 23.0 Å². The van der Waals surface area contributed by atoms with E-state index in [2.05, 4.69) is 0 Å². The van der Waals surface area contributed by atoms with Crippen LogP contribution in [0.1, 0.15) is 48.5 Å². The zero-order chi connectivity index (χ0) is 28.1. The van der Waals surface area contributed by atoms with Gasteiger partial charge in [-0.05, 0) is 41.5 Å². The molecular weight excluding hydrogens is 502 g/mol. The zero-order valence-electron chi connectivity index (χ0n) is 23.1. The lowest BCUT2D eigenvalue weighted by Gasteiger charge is -2.19. The van der Waals surface area contributed by atoms with Gasteiger partial charge in [-0.3, -0.25) is 4.79 Å². The molecule has 4 rings (SSSR count). The van der Waals surface area contributed by atoms with Crippen molar-refractivity contribution >= 4 is 11.9 Å². The Balaban J connectivity index is 1.70. The van der Waals surface area contributed by atoms with Crippen molar-refractivity contribution in [2.45, 2.75) is 26.2 Å². The quantitative estimate of drug-likeness (QED) is 0.334. The number of fused-ring (bicyclic) bond motifs is 1. The first kappa shape index (κ1) is 27.8. The molecule has 0 unspecified atom stereocenters. The van der Waals surface area contributed by atoms with Gasteiger partial charge in [-0.15, -0.1) is 0 Å². The topological polar surface area (TPSA) is 92.8 Å². The lowest BCUT2D eigenvalue weighted by atomic mass is 9.91. The van der Waals surface area contributed by atoms with E-state index in [-0.39, 0.29) is 19.1 Å². The molecule has 9 nitrogen and oxygen atoms in total. The van der Waals surface area contributed by atoms with E-state index in [0.717, 1.165) is 22.4 Å². The van der Waals surface area contributed by atoms with E-state index < -0.39 is 5.97 Å². The summed E-state index contributed by atoms with van der Waals surface area (Å²) in [4.78, 5) is 27.3. The van der Waals surface area contributed by atoms with E-state index in [1.807, 2.05) is 36.4 Å². The van der Waals surface area contributed by atoms with E-state index in [1.165, 1.54) is 14.2 Å². The highest BCUT2D eigenvalue weighted by molar-refractivity contribution is 6.05. The van der Waals surface area contributed by atoms with E-state index in [1.54, 1.807) is 39.3 Å². The standard InChI is InChI=1S/C30H33NO8/c1-31-15-24-26(30(33)38-6)19(14-25(36-4)27(24)29(31)32)11-20-12-23(35-3)13-21(28(20)37-5)17-39-16-18-7-9-22(34-2)10-8-18/h7-10,12-14H,11,15-17H2,1-6H3. The Labute approximate surface area is 228 Å². The summed E-state index contributed by atoms with van der Waals surface area (Å²) in [6.07, 6.45) is 0.303. The number of benzene rings is 3. The molecule has 1 heterocycles. The zero-order valence-corrected chi connectivity index (χ0v) is 23.1. The highest BCUT2D eigenvalue weighted by Gasteiger charge is 2.35. The molecule has 3 aromatic rings. The summed E-state index contributed by atoms with van der Waals surface area (Å²) in [5.41, 5.74) is 4.56. The van der Waals surface area contributed by atoms with Gasteiger partial charge in [-0.25, -0.2) is 4.79 Å². The number of carbonyl (C=O) groups excluding carboxylic acids is 2. The maximum atomic E-state index is 13.0. The molecule has 0 bridgehead atoms. The third kappa shape index (κ3) is 5.63. The molecule has 0 radical (unpaired) electrons. The van der Waals surface area contributed by atoms with Gasteiger partial charge in [0.05, 0.1) is 59.9 Å². The second kappa shape index (κ2) is 12.1. The van der Waals surface area contributed by atoms with Crippen LogP contribution in [0.5, 0.6) is 23.0 Å². The van der Waals surface area contributed by atoms with Crippen LogP contribution in [-0.4, -0.2) is 59.4 Å². The fraction of sp³-hybridized carbons (Fsp3) is 0.333. The van der Waals surface area contributed by atoms with Crippen molar-refractivity contribution in [2.24, 2.45) is 0 Å². The number of amides is 1. The molecule has 1 amide bonds. The second-order valence-corrected chi connectivity index (χ2v) is 9.12. The van der Waals surface area contributed by atoms with Crippen molar-refractivity contribution < 1.29 is 38.0 Å². The SMILES string of the molecule is COC(=O)c1c(Cc2cc(OC)cc(COCc3ccc(OC)cc3)c2OC)cc(OC)c2c1CN(C)C2=O. The van der Waals surface area contributed by atoms with Crippen LogP contribution in [0.4, 0.5) is 0 Å². The van der Waals surface area contributed by atoms with Crippen molar-refractivity contribution in [3.05, 3.63) is 81.4 Å². The molecule has 0 saturated heterocycles. The first-order valence-corrected chi connectivity index (χ1v) is 12.4. The smallest absolute Gasteiger partial charge is 0.338 e. The fourth-order valence-corrected chi connectivity index (χ4v) is 4.87. The molecule has 3 aromatic carbocycles. The van der Waals surface area contributed by atoms with Crippen molar-refractivity contribution in [1.82, 2.24) is 4.90 Å². The summed E-state index contributed by atoms with van der Waals surface area (Å²) in [5.74, 6) is 1.71. The number of rotatable bonds is 11. The Morgan fingerprint density at radius 3 is 2.13 bits per heavy atom. The van der Waals surface area contributed by atoms with Gasteiger partial charge >= 0.3 is 5.97 Å². The van der Waals surface area contributed by atoms with Crippen LogP contribution in [0.2, 0.25) is 0 Å². The predicted molar refractivity (Wildman–Crippen MR) is 144 cm³/mol. The number of hydrogen-bond acceptors (Lipinski definition) is 8. The minimum Gasteiger partial charge on any atom is -0.497 e. The minimum absolute atomic E-state index is 0.200. The Morgan fingerprint density at radius 1 is 0.821 bits per heavy atom. The minimum atomic E-state index is -0.517. The van der Waals surface area contributed by atoms with E-state index in [4.69, 9.17) is 28.4 Å². The van der Waals surface area contributed by atoms with Gasteiger partial charge in [0.15, 0.2) is 0 Å². The van der Waals surface area contributed by atoms with Gasteiger partial charge < -0.3 is 33.3 Å². The molecule has 0 fully saturated rings. The predicted octanol–water partition coefficient (Wildman–Crippen LogP) is 4.40. The highest BCUT2D eigenvalue weighted by Crippen LogP contribution is 2.39. The van der Waals surface area contributed by atoms with Crippen LogP contribution in [0.3, 0.4) is 0 Å². The van der Waals surface area contributed by atoms with Crippen molar-refractivity contribution in [3.63, 3.8) is 0 Å². The molecule has 0 aromatic heterocycles. The van der Waals surface area contributed by atoms with Gasteiger partial charge in [0.25, 0.3) is 5.91 Å². The molecule has 1 aliphatic heterocycles. The Kier molecular flexibility index (Phi) is 8.61. The molecule has 0 aliphatic carbocycles. The third-order valence-electron chi connectivity index (χ3n) is 6.76. The summed E-state index contributed by atoms with van der Waals surface area (Å²) in [7, 11) is 9.33. The van der Waals surface area contributed by atoms with Gasteiger partial charge in [-0.2, -0.15) is 0 Å². The third-order valence-corrected chi connectivity index (χ3v) is 6.76. The molecule has 39 heavy (non-hydrogen) atoms. The maximum absolute atomic E-state index is 13.0. The lowest BCUT2D eigenvalue weighted by Crippen LogP contribution is -2.17. The molecule has 0 spiro atoms. The fourth-order valence-electron chi connectivity index (χ4n) is 4.87. The Bertz CT molecular complexity index is 1370. The highest BCUT2D eigenvalue weighted by atomic mass is 16.5. The largest absolute Gasteiger partial charge is 0.497 e. The number of ether oxygens (including phenoxy) is 6. The summed E-state index contributed by atoms with van der Waals surface area (Å²) in [6.45, 7) is 0.953. The normalized spacial score (nSPS) is 12.3. The molecule has 0 atom stereocenters. The first-order chi connectivity index (χ1) is 18.8. The number of hydrogen-bond donors (Lipinski definition) is 0. The van der Waals surface area contributed by atoms with Crippen LogP contribution in [0, 0.1) is 0 Å². The van der Waals surface area contributed by atoms with Crippen molar-refractivity contribution in [2.75, 3.05) is 42.6 Å². The van der Waals surface area contributed by atoms with Gasteiger partial charge in [0.1, 0.15) is 23.0 Å². The van der Waals surface area contributed by atoms with E-state index in [0.29, 0.717) is 52.5 Å². The second-order valence-electron chi connectivity index (χ2n) is 9.12. The summed E-state index contributed by atoms with van der Waals surface area (Å²) in [5, 5.41) is 0. The Morgan fingerprint density at radius 2 is 1.51 bits per heavy atom.